The number of nitrogens with one attached hydrogen (secondary N) is 2. The molecule has 92 valence electrons. The average Bonchev–Trinajstić information content (AvgIpc) is 3.06. The van der Waals surface area contributed by atoms with E-state index in [1.807, 2.05) is 11.7 Å². The first-order valence-electron chi connectivity index (χ1n) is 6.08. The summed E-state index contributed by atoms with van der Waals surface area (Å²) < 4.78 is 0. The van der Waals surface area contributed by atoms with Gasteiger partial charge in [-0.3, -0.25) is 4.98 Å². The van der Waals surface area contributed by atoms with Gasteiger partial charge >= 0.3 is 0 Å². The standard InChI is InChI=1S/C14H15N3S/c1-2-16-14(13-8-15-9-18-13)11-7-17-12-6-4-3-5-10(11)12/h3-9,14,16-17H,2H2,1H3. The Bertz CT molecular complexity index is 627. The van der Waals surface area contributed by atoms with Gasteiger partial charge in [-0.25, -0.2) is 0 Å². The summed E-state index contributed by atoms with van der Waals surface area (Å²) in [6.07, 6.45) is 4.04. The predicted molar refractivity (Wildman–Crippen MR) is 75.9 cm³/mol. The van der Waals surface area contributed by atoms with E-state index in [2.05, 4.69) is 52.7 Å². The first-order valence-corrected chi connectivity index (χ1v) is 6.96. The van der Waals surface area contributed by atoms with Crippen molar-refractivity contribution in [1.29, 1.82) is 0 Å². The Morgan fingerprint density at radius 2 is 2.28 bits per heavy atom. The molecule has 4 heteroatoms. The van der Waals surface area contributed by atoms with E-state index in [0.29, 0.717) is 0 Å². The van der Waals surface area contributed by atoms with Crippen molar-refractivity contribution >= 4 is 22.2 Å². The quantitative estimate of drug-likeness (QED) is 0.752. The second-order valence-electron chi connectivity index (χ2n) is 4.18. The maximum Gasteiger partial charge on any atom is 0.0794 e. The fraction of sp³-hybridized carbons (Fsp3) is 0.214. The Balaban J connectivity index is 2.10. The molecule has 0 spiro atoms. The van der Waals surface area contributed by atoms with Gasteiger partial charge in [0.2, 0.25) is 0 Å². The van der Waals surface area contributed by atoms with Crippen molar-refractivity contribution in [2.24, 2.45) is 0 Å². The van der Waals surface area contributed by atoms with Gasteiger partial charge in [0.05, 0.1) is 11.6 Å². The van der Waals surface area contributed by atoms with Crippen LogP contribution in [0, 0.1) is 0 Å². The van der Waals surface area contributed by atoms with E-state index in [1.165, 1.54) is 21.3 Å². The average molecular weight is 257 g/mol. The molecular weight excluding hydrogens is 242 g/mol. The van der Waals surface area contributed by atoms with Gasteiger partial charge < -0.3 is 10.3 Å². The molecule has 1 atom stereocenters. The van der Waals surface area contributed by atoms with E-state index in [0.717, 1.165) is 6.54 Å². The molecule has 0 bridgehead atoms. The number of H-pyrrole nitrogens is 1. The number of nitrogens with zero attached hydrogens (tertiary/aromatic N) is 1. The van der Waals surface area contributed by atoms with Gasteiger partial charge in [-0.15, -0.1) is 11.3 Å². The number of aromatic nitrogens is 2. The Morgan fingerprint density at radius 3 is 3.06 bits per heavy atom. The van der Waals surface area contributed by atoms with E-state index in [4.69, 9.17) is 0 Å². The molecule has 0 aliphatic rings. The van der Waals surface area contributed by atoms with Gasteiger partial charge in [-0.2, -0.15) is 0 Å². The molecule has 3 nitrogen and oxygen atoms in total. The SMILES string of the molecule is CCNC(c1cncs1)c1c[nH]c2ccccc12. The first kappa shape index (κ1) is 11.4. The number of rotatable bonds is 4. The van der Waals surface area contributed by atoms with Crippen LogP contribution >= 0.6 is 11.3 Å². The van der Waals surface area contributed by atoms with E-state index in [-0.39, 0.29) is 6.04 Å². The lowest BCUT2D eigenvalue weighted by Crippen LogP contribution is -2.20. The number of hydrogen-bond acceptors (Lipinski definition) is 3. The van der Waals surface area contributed by atoms with E-state index < -0.39 is 0 Å². The smallest absolute Gasteiger partial charge is 0.0794 e. The predicted octanol–water partition coefficient (Wildman–Crippen LogP) is 3.32. The maximum absolute atomic E-state index is 4.18. The highest BCUT2D eigenvalue weighted by Gasteiger charge is 2.17. The van der Waals surface area contributed by atoms with E-state index in [1.54, 1.807) is 11.3 Å². The largest absolute Gasteiger partial charge is 0.361 e. The van der Waals surface area contributed by atoms with Crippen LogP contribution in [0.5, 0.6) is 0 Å². The lowest BCUT2D eigenvalue weighted by Gasteiger charge is -2.15. The minimum atomic E-state index is 0.221. The van der Waals surface area contributed by atoms with Gasteiger partial charge in [-0.1, -0.05) is 25.1 Å². The zero-order valence-electron chi connectivity index (χ0n) is 10.2. The monoisotopic (exact) mass is 257 g/mol. The normalized spacial score (nSPS) is 12.9. The fourth-order valence-electron chi connectivity index (χ4n) is 2.27. The molecule has 1 aromatic carbocycles. The third-order valence-electron chi connectivity index (χ3n) is 3.08. The van der Waals surface area contributed by atoms with Gasteiger partial charge in [0, 0.05) is 28.2 Å². The second-order valence-corrected chi connectivity index (χ2v) is 5.10. The minimum Gasteiger partial charge on any atom is -0.361 e. The first-order chi connectivity index (χ1) is 8.90. The maximum atomic E-state index is 4.18. The van der Waals surface area contributed by atoms with Crippen molar-refractivity contribution in [3.8, 4) is 0 Å². The summed E-state index contributed by atoms with van der Waals surface area (Å²) >= 11 is 1.69. The third-order valence-corrected chi connectivity index (χ3v) is 3.92. The molecule has 2 N–H and O–H groups in total. The Labute approximate surface area is 110 Å². The van der Waals surface area contributed by atoms with Gasteiger partial charge in [0.1, 0.15) is 0 Å². The molecule has 0 radical (unpaired) electrons. The topological polar surface area (TPSA) is 40.7 Å². The van der Waals surface area contributed by atoms with Crippen LogP contribution in [0.1, 0.15) is 23.4 Å². The van der Waals surface area contributed by atoms with Crippen LogP contribution in [0.3, 0.4) is 0 Å². The van der Waals surface area contributed by atoms with E-state index in [9.17, 15) is 0 Å². The summed E-state index contributed by atoms with van der Waals surface area (Å²) in [6.45, 7) is 3.06. The summed E-state index contributed by atoms with van der Waals surface area (Å²) in [7, 11) is 0. The van der Waals surface area contributed by atoms with Gasteiger partial charge in [0.25, 0.3) is 0 Å². The van der Waals surface area contributed by atoms with Crippen LogP contribution < -0.4 is 5.32 Å². The van der Waals surface area contributed by atoms with Crippen molar-refractivity contribution in [2.75, 3.05) is 6.54 Å². The van der Waals surface area contributed by atoms with Crippen molar-refractivity contribution in [1.82, 2.24) is 15.3 Å². The molecule has 0 aliphatic heterocycles. The van der Waals surface area contributed by atoms with Crippen LogP contribution in [0.2, 0.25) is 0 Å². The second kappa shape index (κ2) is 4.92. The van der Waals surface area contributed by atoms with Crippen LogP contribution in [0.25, 0.3) is 10.9 Å². The molecule has 0 saturated carbocycles. The fourth-order valence-corrected chi connectivity index (χ4v) is 2.98. The molecule has 3 rings (SSSR count). The number of aromatic amines is 1. The lowest BCUT2D eigenvalue weighted by molar-refractivity contribution is 0.642. The molecule has 2 heterocycles. The van der Waals surface area contributed by atoms with Crippen molar-refractivity contribution < 1.29 is 0 Å². The van der Waals surface area contributed by atoms with Gasteiger partial charge in [-0.05, 0) is 18.2 Å². The Hall–Kier alpha value is -1.65. The van der Waals surface area contributed by atoms with Gasteiger partial charge in [0.15, 0.2) is 0 Å². The third kappa shape index (κ3) is 1.94. The molecule has 0 saturated heterocycles. The molecule has 18 heavy (non-hydrogen) atoms. The Kier molecular flexibility index (Phi) is 3.13. The van der Waals surface area contributed by atoms with Crippen LogP contribution in [0.4, 0.5) is 0 Å². The Morgan fingerprint density at radius 1 is 1.39 bits per heavy atom. The number of thiazole rings is 1. The highest BCUT2D eigenvalue weighted by Crippen LogP contribution is 2.30. The summed E-state index contributed by atoms with van der Waals surface area (Å²) in [4.78, 5) is 8.77. The lowest BCUT2D eigenvalue weighted by atomic mass is 10.0. The highest BCUT2D eigenvalue weighted by atomic mass is 32.1. The zero-order valence-corrected chi connectivity index (χ0v) is 11.0. The molecule has 2 aromatic heterocycles. The number of fused-ring (bicyclic) bond motifs is 1. The highest BCUT2D eigenvalue weighted by molar-refractivity contribution is 7.09. The van der Waals surface area contributed by atoms with Crippen LogP contribution in [-0.2, 0) is 0 Å². The van der Waals surface area contributed by atoms with Crippen molar-refractivity contribution in [3.05, 3.63) is 52.6 Å². The van der Waals surface area contributed by atoms with Crippen molar-refractivity contribution in [3.63, 3.8) is 0 Å². The number of para-hydroxylation sites is 1. The molecule has 0 amide bonds. The molecule has 1 unspecified atom stereocenters. The summed E-state index contributed by atoms with van der Waals surface area (Å²) in [5.41, 5.74) is 4.35. The summed E-state index contributed by atoms with van der Waals surface area (Å²) in [5, 5.41) is 4.80. The molecule has 0 aliphatic carbocycles. The zero-order chi connectivity index (χ0) is 12.4. The minimum absolute atomic E-state index is 0.221. The number of hydrogen-bond donors (Lipinski definition) is 2. The number of benzene rings is 1. The van der Waals surface area contributed by atoms with Crippen LogP contribution in [-0.4, -0.2) is 16.5 Å². The molecule has 0 fully saturated rings. The van der Waals surface area contributed by atoms with Crippen molar-refractivity contribution in [2.45, 2.75) is 13.0 Å². The molecular formula is C14H15N3S. The summed E-state index contributed by atoms with van der Waals surface area (Å²) in [6, 6.07) is 8.62. The molecule has 3 aromatic rings. The van der Waals surface area contributed by atoms with E-state index >= 15 is 0 Å². The van der Waals surface area contributed by atoms with Crippen LogP contribution in [0.15, 0.2) is 42.2 Å². The summed E-state index contributed by atoms with van der Waals surface area (Å²) in [5.74, 6) is 0.